The quantitative estimate of drug-likeness (QED) is 0.512. The molecule has 1 aliphatic rings. The van der Waals surface area contributed by atoms with Crippen molar-refractivity contribution in [1.29, 1.82) is 0 Å². The van der Waals surface area contributed by atoms with E-state index in [9.17, 15) is 14.4 Å². The molecule has 1 amide bonds. The van der Waals surface area contributed by atoms with Crippen LogP contribution < -0.4 is 10.2 Å². The van der Waals surface area contributed by atoms with Crippen LogP contribution in [0.25, 0.3) is 16.7 Å². The largest absolute Gasteiger partial charge is 0.359 e. The summed E-state index contributed by atoms with van der Waals surface area (Å²) >= 11 is 0. The van der Waals surface area contributed by atoms with Gasteiger partial charge >= 0.3 is 0 Å². The maximum absolute atomic E-state index is 13.8. The van der Waals surface area contributed by atoms with Gasteiger partial charge in [0.1, 0.15) is 5.82 Å². The molecule has 0 saturated heterocycles. The summed E-state index contributed by atoms with van der Waals surface area (Å²) in [4.78, 5) is 13.3. The van der Waals surface area contributed by atoms with Gasteiger partial charge < -0.3 is 10.5 Å². The molecular formula is C22H20FN5O3. The SMILES string of the molecule is CC1(C)Cc2c(cnn2-c2cccc(F)c2)[C@@H](NC(=O)c2ccc3c(c2)no[n+]3[O-])C1. The molecule has 5 rings (SSSR count). The zero-order valence-corrected chi connectivity index (χ0v) is 17.0. The zero-order chi connectivity index (χ0) is 21.8. The Morgan fingerprint density at radius 1 is 1.32 bits per heavy atom. The van der Waals surface area contributed by atoms with Crippen molar-refractivity contribution in [3.8, 4) is 5.69 Å². The molecular weight excluding hydrogens is 401 g/mol. The van der Waals surface area contributed by atoms with Crippen molar-refractivity contribution in [2.45, 2.75) is 32.7 Å². The Labute approximate surface area is 176 Å². The molecule has 8 nitrogen and oxygen atoms in total. The minimum Gasteiger partial charge on any atom is -0.359 e. The Morgan fingerprint density at radius 3 is 2.97 bits per heavy atom. The molecule has 31 heavy (non-hydrogen) atoms. The van der Waals surface area contributed by atoms with Crippen molar-refractivity contribution in [2.75, 3.05) is 0 Å². The van der Waals surface area contributed by atoms with Crippen LogP contribution in [0.3, 0.4) is 0 Å². The van der Waals surface area contributed by atoms with E-state index < -0.39 is 0 Å². The summed E-state index contributed by atoms with van der Waals surface area (Å²) in [5, 5.41) is 22.7. The molecule has 0 unspecified atom stereocenters. The number of benzene rings is 2. The van der Waals surface area contributed by atoms with Crippen molar-refractivity contribution in [3.63, 3.8) is 0 Å². The third kappa shape index (κ3) is 3.41. The fourth-order valence-corrected chi connectivity index (χ4v) is 4.26. The van der Waals surface area contributed by atoms with Gasteiger partial charge in [-0.05, 0) is 53.5 Å². The number of fused-ring (bicyclic) bond motifs is 2. The molecule has 4 aromatic rings. The third-order valence-corrected chi connectivity index (χ3v) is 5.69. The van der Waals surface area contributed by atoms with Gasteiger partial charge in [0.25, 0.3) is 5.91 Å². The summed E-state index contributed by atoms with van der Waals surface area (Å²) in [6.45, 7) is 4.26. The van der Waals surface area contributed by atoms with Gasteiger partial charge in [0.05, 0.1) is 23.6 Å². The van der Waals surface area contributed by atoms with E-state index in [1.54, 1.807) is 29.1 Å². The van der Waals surface area contributed by atoms with E-state index in [0.29, 0.717) is 21.7 Å². The molecule has 1 N–H and O–H groups in total. The highest BCUT2D eigenvalue weighted by Gasteiger charge is 2.36. The fraction of sp³-hybridized carbons (Fsp3) is 0.273. The van der Waals surface area contributed by atoms with Crippen LogP contribution in [0.2, 0.25) is 0 Å². The second-order valence-corrected chi connectivity index (χ2v) is 8.64. The standard InChI is InChI=1S/C22H20FN5O3/c1-22(2)10-18(25-21(29)13-6-7-19-17(8-13)26-31-28(19)30)16-12-24-27(20(16)11-22)15-5-3-4-14(23)9-15/h3-9,12,18H,10-11H2,1-2H3,(H,25,29)/t18-/m0/s1. The lowest BCUT2D eigenvalue weighted by atomic mass is 9.74. The molecule has 0 saturated carbocycles. The number of hydrogen-bond acceptors (Lipinski definition) is 5. The summed E-state index contributed by atoms with van der Waals surface area (Å²) in [5.74, 6) is -0.612. The number of nitrogens with one attached hydrogen (secondary N) is 1. The molecule has 1 atom stereocenters. The molecule has 2 heterocycles. The minimum absolute atomic E-state index is 0.0970. The molecule has 0 spiro atoms. The Hall–Kier alpha value is -3.75. The lowest BCUT2D eigenvalue weighted by Crippen LogP contribution is -2.36. The number of amides is 1. The maximum atomic E-state index is 13.8. The number of aromatic nitrogens is 4. The first kappa shape index (κ1) is 19.2. The molecule has 0 radical (unpaired) electrons. The van der Waals surface area contributed by atoms with E-state index in [2.05, 4.69) is 34.0 Å². The summed E-state index contributed by atoms with van der Waals surface area (Å²) in [7, 11) is 0. The van der Waals surface area contributed by atoms with Crippen LogP contribution in [0.4, 0.5) is 4.39 Å². The van der Waals surface area contributed by atoms with E-state index in [1.807, 2.05) is 0 Å². The minimum atomic E-state index is -0.329. The Balaban J connectivity index is 1.48. The molecule has 158 valence electrons. The molecule has 1 aliphatic carbocycles. The van der Waals surface area contributed by atoms with E-state index in [0.717, 1.165) is 24.1 Å². The van der Waals surface area contributed by atoms with Gasteiger partial charge in [0.2, 0.25) is 11.0 Å². The summed E-state index contributed by atoms with van der Waals surface area (Å²) < 4.78 is 20.1. The van der Waals surface area contributed by atoms with Crippen LogP contribution in [0, 0.1) is 16.4 Å². The van der Waals surface area contributed by atoms with E-state index in [-0.39, 0.29) is 28.7 Å². The third-order valence-electron chi connectivity index (χ3n) is 5.69. The summed E-state index contributed by atoms with van der Waals surface area (Å²) in [6.07, 6.45) is 3.22. The smallest absolute Gasteiger partial charge is 0.251 e. The molecule has 2 aromatic heterocycles. The number of nitrogens with zero attached hydrogens (tertiary/aromatic N) is 4. The van der Waals surface area contributed by atoms with E-state index >= 15 is 0 Å². The first-order chi connectivity index (χ1) is 14.8. The second kappa shape index (κ2) is 6.90. The summed E-state index contributed by atoms with van der Waals surface area (Å²) in [5.41, 5.74) is 3.36. The highest BCUT2D eigenvalue weighted by molar-refractivity contribution is 5.97. The number of carbonyl (C=O) groups excluding carboxylic acids is 1. The lowest BCUT2D eigenvalue weighted by molar-refractivity contribution is -0.782. The number of halogens is 1. The van der Waals surface area contributed by atoms with E-state index in [1.165, 1.54) is 24.3 Å². The van der Waals surface area contributed by atoms with Crippen molar-refractivity contribution >= 4 is 16.9 Å². The number of rotatable bonds is 3. The van der Waals surface area contributed by atoms with Crippen LogP contribution in [0.15, 0.2) is 53.3 Å². The first-order valence-electron chi connectivity index (χ1n) is 9.94. The van der Waals surface area contributed by atoms with Crippen molar-refractivity contribution in [1.82, 2.24) is 20.3 Å². The van der Waals surface area contributed by atoms with Gasteiger partial charge in [-0.15, -0.1) is 0 Å². The average Bonchev–Trinajstić information content (AvgIpc) is 3.30. The van der Waals surface area contributed by atoms with Crippen LogP contribution in [-0.4, -0.2) is 20.8 Å². The van der Waals surface area contributed by atoms with Gasteiger partial charge in [0, 0.05) is 22.3 Å². The number of carbonyl (C=O) groups is 1. The normalized spacial score (nSPS) is 17.5. The Bertz CT molecular complexity index is 1310. The predicted octanol–water partition coefficient (Wildman–Crippen LogP) is 3.23. The van der Waals surface area contributed by atoms with Crippen molar-refractivity contribution in [2.24, 2.45) is 5.41 Å². The molecule has 0 aliphatic heterocycles. The highest BCUT2D eigenvalue weighted by atomic mass is 19.1. The molecule has 0 fully saturated rings. The maximum Gasteiger partial charge on any atom is 0.251 e. The fourth-order valence-electron chi connectivity index (χ4n) is 4.26. The van der Waals surface area contributed by atoms with Crippen molar-refractivity contribution < 1.29 is 18.7 Å². The zero-order valence-electron chi connectivity index (χ0n) is 17.0. The highest BCUT2D eigenvalue weighted by Crippen LogP contribution is 2.41. The van der Waals surface area contributed by atoms with Gasteiger partial charge in [-0.3, -0.25) is 9.42 Å². The molecule has 0 bridgehead atoms. The van der Waals surface area contributed by atoms with Crippen LogP contribution in [-0.2, 0) is 6.42 Å². The summed E-state index contributed by atoms with van der Waals surface area (Å²) in [6, 6.07) is 10.6. The van der Waals surface area contributed by atoms with Crippen molar-refractivity contribution in [3.05, 3.63) is 76.5 Å². The van der Waals surface area contributed by atoms with Gasteiger partial charge in [0.15, 0.2) is 0 Å². The monoisotopic (exact) mass is 421 g/mol. The Kier molecular flexibility index (Phi) is 4.28. The van der Waals surface area contributed by atoms with Crippen LogP contribution in [0.1, 0.15) is 47.9 Å². The second-order valence-electron chi connectivity index (χ2n) is 8.64. The van der Waals surface area contributed by atoms with Gasteiger partial charge in [-0.1, -0.05) is 19.9 Å². The number of hydrogen-bond donors (Lipinski definition) is 1. The predicted molar refractivity (Wildman–Crippen MR) is 109 cm³/mol. The van der Waals surface area contributed by atoms with Crippen LogP contribution in [0.5, 0.6) is 0 Å². The molecule has 2 aromatic carbocycles. The Morgan fingerprint density at radius 2 is 2.16 bits per heavy atom. The van der Waals surface area contributed by atoms with E-state index in [4.69, 9.17) is 0 Å². The molecule has 9 heteroatoms. The topological polar surface area (TPSA) is 99.9 Å². The van der Waals surface area contributed by atoms with Gasteiger partial charge in [-0.25, -0.2) is 9.07 Å². The average molecular weight is 421 g/mol. The first-order valence-corrected chi connectivity index (χ1v) is 9.94. The van der Waals surface area contributed by atoms with Gasteiger partial charge in [-0.2, -0.15) is 5.10 Å². The van der Waals surface area contributed by atoms with Crippen LogP contribution >= 0.6 is 0 Å². The lowest BCUT2D eigenvalue weighted by Gasteiger charge is -2.36.